The summed E-state index contributed by atoms with van der Waals surface area (Å²) in [5.74, 6) is 0.283. The van der Waals surface area contributed by atoms with Gasteiger partial charge in [0.15, 0.2) is 5.82 Å². The number of benzene rings is 1. The first kappa shape index (κ1) is 11.3. The summed E-state index contributed by atoms with van der Waals surface area (Å²) < 4.78 is 14.7. The van der Waals surface area contributed by atoms with E-state index in [0.717, 1.165) is 0 Å². The molecule has 2 N–H and O–H groups in total. The zero-order valence-electron chi connectivity index (χ0n) is 9.73. The fourth-order valence-electron chi connectivity index (χ4n) is 1.63. The van der Waals surface area contributed by atoms with E-state index >= 15 is 0 Å². The molecule has 0 unspecified atom stereocenters. The van der Waals surface area contributed by atoms with Crippen molar-refractivity contribution in [3.8, 4) is 17.3 Å². The van der Waals surface area contributed by atoms with Crippen LogP contribution < -0.4 is 5.73 Å². The van der Waals surface area contributed by atoms with Crippen LogP contribution in [0.5, 0.6) is 0 Å². The number of rotatable bonds is 2. The van der Waals surface area contributed by atoms with Crippen LogP contribution in [0, 0.1) is 5.82 Å². The van der Waals surface area contributed by atoms with E-state index in [1.165, 1.54) is 16.8 Å². The largest absolute Gasteiger partial charge is 0.368 e. The van der Waals surface area contributed by atoms with Gasteiger partial charge >= 0.3 is 0 Å². The average molecular weight is 256 g/mol. The molecule has 6 nitrogen and oxygen atoms in total. The van der Waals surface area contributed by atoms with Crippen LogP contribution in [0.4, 0.5) is 10.3 Å². The van der Waals surface area contributed by atoms with Gasteiger partial charge in [0, 0.05) is 18.0 Å². The number of halogens is 1. The van der Waals surface area contributed by atoms with Crippen LogP contribution in [-0.2, 0) is 0 Å². The molecule has 7 heteroatoms. The minimum atomic E-state index is -0.364. The Morgan fingerprint density at radius 1 is 1.11 bits per heavy atom. The van der Waals surface area contributed by atoms with Gasteiger partial charge in [-0.05, 0) is 18.2 Å². The third-order valence-corrected chi connectivity index (χ3v) is 2.43. The lowest BCUT2D eigenvalue weighted by Crippen LogP contribution is -2.08. The number of nitrogens with two attached hydrogens (primary N) is 1. The van der Waals surface area contributed by atoms with Crippen LogP contribution in [0.3, 0.4) is 0 Å². The van der Waals surface area contributed by atoms with Gasteiger partial charge in [-0.15, -0.1) is 0 Å². The minimum Gasteiger partial charge on any atom is -0.368 e. The van der Waals surface area contributed by atoms with Crippen LogP contribution in [0.15, 0.2) is 42.7 Å². The minimum absolute atomic E-state index is 0.0553. The van der Waals surface area contributed by atoms with E-state index in [1.807, 2.05) is 0 Å². The smallest absolute Gasteiger partial charge is 0.255 e. The van der Waals surface area contributed by atoms with Crippen molar-refractivity contribution in [1.82, 2.24) is 24.7 Å². The van der Waals surface area contributed by atoms with Crippen LogP contribution in [0.1, 0.15) is 0 Å². The van der Waals surface area contributed by atoms with Crippen molar-refractivity contribution in [2.24, 2.45) is 0 Å². The maximum absolute atomic E-state index is 13.2. The zero-order chi connectivity index (χ0) is 13.2. The van der Waals surface area contributed by atoms with E-state index in [9.17, 15) is 4.39 Å². The first-order chi connectivity index (χ1) is 9.22. The Morgan fingerprint density at radius 3 is 2.74 bits per heavy atom. The van der Waals surface area contributed by atoms with Crippen molar-refractivity contribution in [2.75, 3.05) is 5.73 Å². The fourth-order valence-corrected chi connectivity index (χ4v) is 1.63. The zero-order valence-corrected chi connectivity index (χ0v) is 9.73. The highest BCUT2D eigenvalue weighted by molar-refractivity contribution is 5.56. The summed E-state index contributed by atoms with van der Waals surface area (Å²) in [6.45, 7) is 0. The molecule has 0 radical (unpaired) electrons. The number of aromatic nitrogens is 5. The monoisotopic (exact) mass is 256 g/mol. The van der Waals surface area contributed by atoms with Crippen molar-refractivity contribution >= 4 is 5.95 Å². The number of anilines is 1. The SMILES string of the molecule is Nc1nc(-c2cccc(F)c2)nc(-n2cccn2)n1. The van der Waals surface area contributed by atoms with E-state index in [4.69, 9.17) is 5.73 Å². The summed E-state index contributed by atoms with van der Waals surface area (Å²) in [4.78, 5) is 12.2. The fraction of sp³-hybridized carbons (Fsp3) is 0. The van der Waals surface area contributed by atoms with E-state index in [2.05, 4.69) is 20.1 Å². The quantitative estimate of drug-likeness (QED) is 0.750. The van der Waals surface area contributed by atoms with Gasteiger partial charge in [0.1, 0.15) is 5.82 Å². The molecule has 0 saturated heterocycles. The summed E-state index contributed by atoms with van der Waals surface area (Å²) in [5.41, 5.74) is 6.17. The Bertz CT molecular complexity index is 710. The van der Waals surface area contributed by atoms with Crippen LogP contribution in [-0.4, -0.2) is 24.7 Å². The van der Waals surface area contributed by atoms with Crippen LogP contribution in [0.2, 0.25) is 0 Å². The predicted octanol–water partition coefficient (Wildman–Crippen LogP) is 1.45. The van der Waals surface area contributed by atoms with E-state index < -0.39 is 0 Å². The molecule has 19 heavy (non-hydrogen) atoms. The molecule has 3 aromatic rings. The normalized spacial score (nSPS) is 10.6. The second-order valence-electron chi connectivity index (χ2n) is 3.78. The molecule has 0 aliphatic rings. The Hall–Kier alpha value is -2.83. The third kappa shape index (κ3) is 2.25. The summed E-state index contributed by atoms with van der Waals surface area (Å²) in [6, 6.07) is 7.70. The standard InChI is InChI=1S/C12H9FN6/c13-9-4-1-3-8(7-9)10-16-11(14)18-12(17-10)19-6-2-5-15-19/h1-7H,(H2,14,16,17,18). The first-order valence-corrected chi connectivity index (χ1v) is 5.50. The molecule has 0 spiro atoms. The molecule has 0 aliphatic heterocycles. The lowest BCUT2D eigenvalue weighted by molar-refractivity contribution is 0.628. The van der Waals surface area contributed by atoms with Crippen molar-refractivity contribution in [3.63, 3.8) is 0 Å². The molecular formula is C12H9FN6. The van der Waals surface area contributed by atoms with E-state index in [1.54, 1.807) is 30.6 Å². The molecular weight excluding hydrogens is 247 g/mol. The molecule has 0 amide bonds. The topological polar surface area (TPSA) is 82.5 Å². The van der Waals surface area contributed by atoms with Gasteiger partial charge < -0.3 is 5.73 Å². The highest BCUT2D eigenvalue weighted by atomic mass is 19.1. The second-order valence-corrected chi connectivity index (χ2v) is 3.78. The van der Waals surface area contributed by atoms with E-state index in [0.29, 0.717) is 11.4 Å². The van der Waals surface area contributed by atoms with Gasteiger partial charge in [0.25, 0.3) is 5.95 Å². The van der Waals surface area contributed by atoms with E-state index in [-0.39, 0.29) is 17.7 Å². The molecule has 1 aromatic carbocycles. The van der Waals surface area contributed by atoms with Crippen molar-refractivity contribution in [3.05, 3.63) is 48.5 Å². The van der Waals surface area contributed by atoms with Gasteiger partial charge in [-0.25, -0.2) is 9.07 Å². The molecule has 0 fully saturated rings. The van der Waals surface area contributed by atoms with Crippen LogP contribution in [0.25, 0.3) is 17.3 Å². The number of nitrogen functional groups attached to an aromatic ring is 1. The summed E-state index contributed by atoms with van der Waals surface area (Å²) >= 11 is 0. The third-order valence-electron chi connectivity index (χ3n) is 2.43. The Morgan fingerprint density at radius 2 is 2.00 bits per heavy atom. The number of nitrogens with zero attached hydrogens (tertiary/aromatic N) is 5. The maximum atomic E-state index is 13.2. The molecule has 3 rings (SSSR count). The predicted molar refractivity (Wildman–Crippen MR) is 66.8 cm³/mol. The lowest BCUT2D eigenvalue weighted by Gasteiger charge is -2.04. The van der Waals surface area contributed by atoms with Crippen LogP contribution >= 0.6 is 0 Å². The Balaban J connectivity index is 2.12. The maximum Gasteiger partial charge on any atom is 0.255 e. The summed E-state index contributed by atoms with van der Waals surface area (Å²) in [5, 5.41) is 4.01. The molecule has 0 bridgehead atoms. The number of hydrogen-bond acceptors (Lipinski definition) is 5. The van der Waals surface area contributed by atoms with Crippen molar-refractivity contribution in [2.45, 2.75) is 0 Å². The molecule has 2 aromatic heterocycles. The lowest BCUT2D eigenvalue weighted by atomic mass is 10.2. The Labute approximate surface area is 107 Å². The Kier molecular flexibility index (Phi) is 2.64. The highest BCUT2D eigenvalue weighted by Crippen LogP contribution is 2.17. The van der Waals surface area contributed by atoms with Gasteiger partial charge in [-0.1, -0.05) is 12.1 Å². The van der Waals surface area contributed by atoms with Gasteiger partial charge in [0.05, 0.1) is 0 Å². The first-order valence-electron chi connectivity index (χ1n) is 5.50. The molecule has 2 heterocycles. The molecule has 0 atom stereocenters. The van der Waals surface area contributed by atoms with Gasteiger partial charge in [-0.3, -0.25) is 0 Å². The summed E-state index contributed by atoms with van der Waals surface area (Å²) in [6.07, 6.45) is 3.28. The van der Waals surface area contributed by atoms with Gasteiger partial charge in [-0.2, -0.15) is 20.1 Å². The van der Waals surface area contributed by atoms with Crippen molar-refractivity contribution in [1.29, 1.82) is 0 Å². The average Bonchev–Trinajstić information content (AvgIpc) is 2.92. The molecule has 0 saturated carbocycles. The molecule has 94 valence electrons. The number of hydrogen-bond donors (Lipinski definition) is 1. The highest BCUT2D eigenvalue weighted by Gasteiger charge is 2.09. The second kappa shape index (κ2) is 4.45. The molecule has 0 aliphatic carbocycles. The van der Waals surface area contributed by atoms with Gasteiger partial charge in [0.2, 0.25) is 5.95 Å². The van der Waals surface area contributed by atoms with Crippen molar-refractivity contribution < 1.29 is 4.39 Å². The summed E-state index contributed by atoms with van der Waals surface area (Å²) in [7, 11) is 0.